The van der Waals surface area contributed by atoms with E-state index in [-0.39, 0.29) is 5.41 Å². The van der Waals surface area contributed by atoms with Crippen LogP contribution in [0.25, 0.3) is 0 Å². The average Bonchev–Trinajstić information content (AvgIpc) is 2.54. The molecule has 24 heavy (non-hydrogen) atoms. The molecule has 0 amide bonds. The van der Waals surface area contributed by atoms with Crippen LogP contribution >= 0.6 is 0 Å². The fourth-order valence-corrected chi connectivity index (χ4v) is 2.99. The van der Waals surface area contributed by atoms with Gasteiger partial charge in [0.25, 0.3) is 0 Å². The number of benzene rings is 2. The van der Waals surface area contributed by atoms with Crippen LogP contribution in [0.5, 0.6) is 0 Å². The first-order valence-corrected chi connectivity index (χ1v) is 8.98. The van der Waals surface area contributed by atoms with E-state index in [1.165, 1.54) is 11.1 Å². The highest BCUT2D eigenvalue weighted by Crippen LogP contribution is 2.20. The van der Waals surface area contributed by atoms with Crippen molar-refractivity contribution in [2.75, 3.05) is 13.1 Å². The molecule has 2 rings (SSSR count). The van der Waals surface area contributed by atoms with Crippen LogP contribution in [0.15, 0.2) is 60.7 Å². The van der Waals surface area contributed by atoms with Gasteiger partial charge in [-0.3, -0.25) is 4.90 Å². The van der Waals surface area contributed by atoms with Crippen molar-refractivity contribution in [3.63, 3.8) is 0 Å². The third kappa shape index (κ3) is 6.86. The van der Waals surface area contributed by atoms with E-state index < -0.39 is 0 Å². The molecule has 2 aromatic rings. The van der Waals surface area contributed by atoms with E-state index in [1.54, 1.807) is 0 Å². The Morgan fingerprint density at radius 1 is 0.833 bits per heavy atom. The lowest BCUT2D eigenvalue weighted by molar-refractivity contribution is 0.158. The minimum atomic E-state index is 0.230. The normalized spacial score (nSPS) is 12.1. The molecule has 2 heteroatoms. The van der Waals surface area contributed by atoms with Crippen LogP contribution in [0.4, 0.5) is 0 Å². The molecule has 0 fully saturated rings. The predicted molar refractivity (Wildman–Crippen MR) is 104 cm³/mol. The lowest BCUT2D eigenvalue weighted by Gasteiger charge is -2.34. The topological polar surface area (TPSA) is 15.3 Å². The van der Waals surface area contributed by atoms with Crippen LogP contribution in [0, 0.1) is 5.41 Å². The average molecular weight is 325 g/mol. The van der Waals surface area contributed by atoms with Crippen LogP contribution in [-0.4, -0.2) is 24.0 Å². The van der Waals surface area contributed by atoms with Gasteiger partial charge in [-0.15, -0.1) is 0 Å². The summed E-state index contributed by atoms with van der Waals surface area (Å²) in [6.07, 6.45) is 0. The standard InChI is InChI=1S/C22H32N2/c1-19(2)23-17-22(3,4)18-24(15-20-11-7-5-8-12-20)16-21-13-9-6-10-14-21/h5-14,19,23H,15-18H2,1-4H3. The molecule has 0 radical (unpaired) electrons. The van der Waals surface area contributed by atoms with Crippen molar-refractivity contribution in [2.24, 2.45) is 5.41 Å². The van der Waals surface area contributed by atoms with Crippen molar-refractivity contribution >= 4 is 0 Å². The fourth-order valence-electron chi connectivity index (χ4n) is 2.99. The minimum Gasteiger partial charge on any atom is -0.314 e. The zero-order chi connectivity index (χ0) is 17.4. The predicted octanol–water partition coefficient (Wildman–Crippen LogP) is 4.71. The molecule has 0 saturated carbocycles. The molecule has 0 heterocycles. The fraction of sp³-hybridized carbons (Fsp3) is 0.455. The maximum absolute atomic E-state index is 3.59. The molecule has 0 saturated heterocycles. The van der Waals surface area contributed by atoms with Crippen LogP contribution in [0.2, 0.25) is 0 Å². The quantitative estimate of drug-likeness (QED) is 0.718. The second-order valence-electron chi connectivity index (χ2n) is 7.82. The molecule has 0 atom stereocenters. The van der Waals surface area contributed by atoms with Gasteiger partial charge in [0.1, 0.15) is 0 Å². The largest absolute Gasteiger partial charge is 0.314 e. The summed E-state index contributed by atoms with van der Waals surface area (Å²) in [4.78, 5) is 2.56. The Morgan fingerprint density at radius 2 is 1.29 bits per heavy atom. The smallest absolute Gasteiger partial charge is 0.0237 e. The lowest BCUT2D eigenvalue weighted by atomic mass is 9.91. The Kier molecular flexibility index (Phi) is 7.01. The summed E-state index contributed by atoms with van der Waals surface area (Å²) in [6.45, 7) is 13.2. The van der Waals surface area contributed by atoms with Gasteiger partial charge in [0, 0.05) is 32.2 Å². The molecule has 130 valence electrons. The van der Waals surface area contributed by atoms with Crippen LogP contribution < -0.4 is 5.32 Å². The van der Waals surface area contributed by atoms with E-state index >= 15 is 0 Å². The third-order valence-corrected chi connectivity index (χ3v) is 4.14. The maximum atomic E-state index is 3.59. The summed E-state index contributed by atoms with van der Waals surface area (Å²) in [5, 5.41) is 3.59. The molecule has 0 aromatic heterocycles. The van der Waals surface area contributed by atoms with E-state index in [2.05, 4.69) is 98.6 Å². The Hall–Kier alpha value is -1.64. The SMILES string of the molecule is CC(C)NCC(C)(C)CN(Cc1ccccc1)Cc1ccccc1. The molecular formula is C22H32N2. The number of hydrogen-bond acceptors (Lipinski definition) is 2. The number of nitrogens with zero attached hydrogens (tertiary/aromatic N) is 1. The van der Waals surface area contributed by atoms with E-state index in [9.17, 15) is 0 Å². The molecule has 0 bridgehead atoms. The summed E-state index contributed by atoms with van der Waals surface area (Å²) in [5.41, 5.74) is 2.98. The van der Waals surface area contributed by atoms with Crippen LogP contribution in [0.1, 0.15) is 38.8 Å². The first kappa shape index (κ1) is 18.7. The number of hydrogen-bond donors (Lipinski definition) is 1. The molecule has 0 aliphatic rings. The highest BCUT2D eigenvalue weighted by molar-refractivity contribution is 5.17. The van der Waals surface area contributed by atoms with E-state index in [1.807, 2.05) is 0 Å². The summed E-state index contributed by atoms with van der Waals surface area (Å²) < 4.78 is 0. The summed E-state index contributed by atoms with van der Waals surface area (Å²) in [7, 11) is 0. The van der Waals surface area contributed by atoms with Gasteiger partial charge in [-0.1, -0.05) is 88.4 Å². The van der Waals surface area contributed by atoms with E-state index in [4.69, 9.17) is 0 Å². The molecule has 1 N–H and O–H groups in total. The Morgan fingerprint density at radius 3 is 1.71 bits per heavy atom. The van der Waals surface area contributed by atoms with Gasteiger partial charge in [-0.25, -0.2) is 0 Å². The van der Waals surface area contributed by atoms with Gasteiger partial charge in [0.2, 0.25) is 0 Å². The van der Waals surface area contributed by atoms with Gasteiger partial charge < -0.3 is 5.32 Å². The van der Waals surface area contributed by atoms with Gasteiger partial charge in [-0.05, 0) is 16.5 Å². The van der Waals surface area contributed by atoms with Crippen molar-refractivity contribution < 1.29 is 0 Å². The first-order valence-electron chi connectivity index (χ1n) is 8.98. The van der Waals surface area contributed by atoms with Crippen LogP contribution in [0.3, 0.4) is 0 Å². The van der Waals surface area contributed by atoms with Crippen LogP contribution in [-0.2, 0) is 13.1 Å². The summed E-state index contributed by atoms with van der Waals surface area (Å²) >= 11 is 0. The number of nitrogens with one attached hydrogen (secondary N) is 1. The van der Waals surface area contributed by atoms with Crippen molar-refractivity contribution in [1.29, 1.82) is 0 Å². The second kappa shape index (κ2) is 9.00. The zero-order valence-electron chi connectivity index (χ0n) is 15.6. The van der Waals surface area contributed by atoms with E-state index in [0.29, 0.717) is 6.04 Å². The minimum absolute atomic E-state index is 0.230. The third-order valence-electron chi connectivity index (χ3n) is 4.14. The Labute approximate surface area is 147 Å². The van der Waals surface area contributed by atoms with E-state index in [0.717, 1.165) is 26.2 Å². The Bertz CT molecular complexity index is 534. The zero-order valence-corrected chi connectivity index (χ0v) is 15.6. The first-order chi connectivity index (χ1) is 11.4. The Balaban J connectivity index is 2.06. The maximum Gasteiger partial charge on any atom is 0.0237 e. The second-order valence-corrected chi connectivity index (χ2v) is 7.82. The highest BCUT2D eigenvalue weighted by atomic mass is 15.1. The molecule has 0 spiro atoms. The summed E-state index contributed by atoms with van der Waals surface area (Å²) in [5.74, 6) is 0. The van der Waals surface area contributed by atoms with Crippen molar-refractivity contribution in [3.05, 3.63) is 71.8 Å². The molecule has 2 nitrogen and oxygen atoms in total. The van der Waals surface area contributed by atoms with Gasteiger partial charge in [0.05, 0.1) is 0 Å². The highest BCUT2D eigenvalue weighted by Gasteiger charge is 2.22. The lowest BCUT2D eigenvalue weighted by Crippen LogP contribution is -2.41. The van der Waals surface area contributed by atoms with Gasteiger partial charge >= 0.3 is 0 Å². The van der Waals surface area contributed by atoms with Gasteiger partial charge in [-0.2, -0.15) is 0 Å². The van der Waals surface area contributed by atoms with Crippen molar-refractivity contribution in [2.45, 2.75) is 46.8 Å². The molecule has 0 aliphatic heterocycles. The van der Waals surface area contributed by atoms with Gasteiger partial charge in [0.15, 0.2) is 0 Å². The monoisotopic (exact) mass is 324 g/mol. The molecule has 0 unspecified atom stereocenters. The van der Waals surface area contributed by atoms with Crippen molar-refractivity contribution in [1.82, 2.24) is 10.2 Å². The molecule has 2 aromatic carbocycles. The summed E-state index contributed by atoms with van der Waals surface area (Å²) in [6, 6.07) is 22.1. The van der Waals surface area contributed by atoms with Crippen molar-refractivity contribution in [3.8, 4) is 0 Å². The number of rotatable bonds is 9. The molecular weight excluding hydrogens is 292 g/mol. The molecule has 0 aliphatic carbocycles.